The predicted octanol–water partition coefficient (Wildman–Crippen LogP) is 4.75. The van der Waals surface area contributed by atoms with Crippen LogP contribution in [0.25, 0.3) is 10.9 Å². The van der Waals surface area contributed by atoms with Gasteiger partial charge in [0.05, 0.1) is 15.6 Å². The third kappa shape index (κ3) is 2.71. The number of anilines is 2. The molecule has 0 saturated carbocycles. The van der Waals surface area contributed by atoms with Gasteiger partial charge in [-0.25, -0.2) is 9.37 Å². The van der Waals surface area contributed by atoms with Crippen LogP contribution in [-0.2, 0) is 0 Å². The summed E-state index contributed by atoms with van der Waals surface area (Å²) in [7, 11) is 0. The number of halogens is 2. The van der Waals surface area contributed by atoms with E-state index in [9.17, 15) is 9.65 Å². The topological polar surface area (TPSA) is 48.7 Å². The standard InChI is InChI=1S/C16H9BrFN3/c17-13-6-5-12(8-14(13)18)20-16-11(9-19)7-10-3-1-2-4-15(10)21-16/h1-8H,(H,20,21). The van der Waals surface area contributed by atoms with E-state index >= 15 is 0 Å². The van der Waals surface area contributed by atoms with E-state index in [1.165, 1.54) is 6.07 Å². The number of aromatic nitrogens is 1. The van der Waals surface area contributed by atoms with Gasteiger partial charge in [0.1, 0.15) is 17.7 Å². The normalized spacial score (nSPS) is 10.3. The van der Waals surface area contributed by atoms with Crippen molar-refractivity contribution in [1.82, 2.24) is 4.98 Å². The fourth-order valence-corrected chi connectivity index (χ4v) is 2.25. The summed E-state index contributed by atoms with van der Waals surface area (Å²) < 4.78 is 13.9. The summed E-state index contributed by atoms with van der Waals surface area (Å²) in [4.78, 5) is 4.43. The highest BCUT2D eigenvalue weighted by atomic mass is 79.9. The van der Waals surface area contributed by atoms with E-state index in [0.29, 0.717) is 21.5 Å². The van der Waals surface area contributed by atoms with Gasteiger partial charge in [-0.3, -0.25) is 0 Å². The molecule has 0 atom stereocenters. The molecule has 1 aromatic heterocycles. The second kappa shape index (κ2) is 5.51. The van der Waals surface area contributed by atoms with Gasteiger partial charge < -0.3 is 5.32 Å². The number of nitrogens with one attached hydrogen (secondary N) is 1. The minimum atomic E-state index is -0.376. The van der Waals surface area contributed by atoms with Crippen LogP contribution in [-0.4, -0.2) is 4.98 Å². The molecule has 0 saturated heterocycles. The SMILES string of the molecule is N#Cc1cc2ccccc2nc1Nc1ccc(Br)c(F)c1. The van der Waals surface area contributed by atoms with Gasteiger partial charge in [-0.2, -0.15) is 5.26 Å². The molecular weight excluding hydrogens is 333 g/mol. The van der Waals surface area contributed by atoms with Crippen LogP contribution in [0.4, 0.5) is 15.9 Å². The Balaban J connectivity index is 2.06. The first kappa shape index (κ1) is 13.5. The molecule has 0 bridgehead atoms. The van der Waals surface area contributed by atoms with Gasteiger partial charge in [0.15, 0.2) is 0 Å². The summed E-state index contributed by atoms with van der Waals surface area (Å²) in [5.74, 6) is 0.0391. The lowest BCUT2D eigenvalue weighted by molar-refractivity contribution is 0.622. The molecule has 0 spiro atoms. The van der Waals surface area contributed by atoms with Gasteiger partial charge >= 0.3 is 0 Å². The molecule has 1 heterocycles. The zero-order valence-electron chi connectivity index (χ0n) is 10.8. The van der Waals surface area contributed by atoms with Gasteiger partial charge in [-0.1, -0.05) is 18.2 Å². The first-order valence-corrected chi connectivity index (χ1v) is 6.98. The highest BCUT2D eigenvalue weighted by molar-refractivity contribution is 9.10. The van der Waals surface area contributed by atoms with Crippen molar-refractivity contribution in [2.24, 2.45) is 0 Å². The van der Waals surface area contributed by atoms with Crippen molar-refractivity contribution in [2.75, 3.05) is 5.32 Å². The van der Waals surface area contributed by atoms with Crippen LogP contribution >= 0.6 is 15.9 Å². The van der Waals surface area contributed by atoms with Gasteiger partial charge in [0, 0.05) is 11.1 Å². The molecule has 0 fully saturated rings. The Morgan fingerprint density at radius 2 is 1.95 bits per heavy atom. The molecule has 21 heavy (non-hydrogen) atoms. The summed E-state index contributed by atoms with van der Waals surface area (Å²) >= 11 is 3.10. The van der Waals surface area contributed by atoms with Crippen molar-refractivity contribution >= 4 is 38.3 Å². The van der Waals surface area contributed by atoms with Gasteiger partial charge in [0.25, 0.3) is 0 Å². The van der Waals surface area contributed by atoms with Crippen LogP contribution in [0.1, 0.15) is 5.56 Å². The molecule has 0 aliphatic carbocycles. The Kier molecular flexibility index (Phi) is 3.55. The zero-order chi connectivity index (χ0) is 14.8. The third-order valence-electron chi connectivity index (χ3n) is 3.03. The molecule has 0 aliphatic heterocycles. The predicted molar refractivity (Wildman–Crippen MR) is 83.8 cm³/mol. The van der Waals surface area contributed by atoms with Crippen LogP contribution in [0.3, 0.4) is 0 Å². The second-order valence-corrected chi connectivity index (χ2v) is 5.30. The molecule has 0 unspecified atom stereocenters. The van der Waals surface area contributed by atoms with E-state index in [2.05, 4.69) is 32.3 Å². The summed E-state index contributed by atoms with van der Waals surface area (Å²) in [5, 5.41) is 13.1. The first-order chi connectivity index (χ1) is 10.2. The van der Waals surface area contributed by atoms with Crippen molar-refractivity contribution in [1.29, 1.82) is 5.26 Å². The molecule has 1 N–H and O–H groups in total. The van der Waals surface area contributed by atoms with Gasteiger partial charge in [-0.15, -0.1) is 0 Å². The average Bonchev–Trinajstić information content (AvgIpc) is 2.50. The van der Waals surface area contributed by atoms with E-state index in [1.807, 2.05) is 24.3 Å². The lowest BCUT2D eigenvalue weighted by Crippen LogP contribution is -1.98. The largest absolute Gasteiger partial charge is 0.339 e. The maximum absolute atomic E-state index is 13.5. The summed E-state index contributed by atoms with van der Waals surface area (Å²) in [6, 6.07) is 16.1. The van der Waals surface area contributed by atoms with Crippen molar-refractivity contribution in [3.63, 3.8) is 0 Å². The molecule has 3 nitrogen and oxygen atoms in total. The fraction of sp³-hybridized carbons (Fsp3) is 0. The zero-order valence-corrected chi connectivity index (χ0v) is 12.4. The van der Waals surface area contributed by atoms with Crippen LogP contribution in [0.5, 0.6) is 0 Å². The van der Waals surface area contributed by atoms with Crippen LogP contribution in [0.2, 0.25) is 0 Å². The number of nitrogens with zero attached hydrogens (tertiary/aromatic N) is 2. The molecule has 3 aromatic rings. The Morgan fingerprint density at radius 3 is 2.71 bits per heavy atom. The lowest BCUT2D eigenvalue weighted by atomic mass is 10.1. The number of hydrogen-bond acceptors (Lipinski definition) is 3. The lowest BCUT2D eigenvalue weighted by Gasteiger charge is -2.09. The van der Waals surface area contributed by atoms with Crippen molar-refractivity contribution in [3.8, 4) is 6.07 Å². The van der Waals surface area contributed by atoms with Crippen LogP contribution in [0.15, 0.2) is 53.0 Å². The smallest absolute Gasteiger partial charge is 0.149 e. The molecule has 3 rings (SSSR count). The Labute approximate surface area is 129 Å². The number of fused-ring (bicyclic) bond motifs is 1. The maximum atomic E-state index is 13.5. The van der Waals surface area contributed by atoms with Gasteiger partial charge in [0.2, 0.25) is 0 Å². The van der Waals surface area contributed by atoms with E-state index in [-0.39, 0.29) is 5.82 Å². The molecular formula is C16H9BrFN3. The summed E-state index contributed by atoms with van der Waals surface area (Å²) in [5.41, 5.74) is 1.73. The van der Waals surface area contributed by atoms with E-state index in [4.69, 9.17) is 0 Å². The Morgan fingerprint density at radius 1 is 1.14 bits per heavy atom. The third-order valence-corrected chi connectivity index (χ3v) is 3.67. The first-order valence-electron chi connectivity index (χ1n) is 6.19. The Hall–Kier alpha value is -2.45. The quantitative estimate of drug-likeness (QED) is 0.731. The molecule has 5 heteroatoms. The maximum Gasteiger partial charge on any atom is 0.149 e. The average molecular weight is 342 g/mol. The number of nitriles is 1. The minimum absolute atomic E-state index is 0.376. The van der Waals surface area contributed by atoms with E-state index in [0.717, 1.165) is 10.9 Å². The number of benzene rings is 2. The van der Waals surface area contributed by atoms with Crippen LogP contribution in [0, 0.1) is 17.1 Å². The van der Waals surface area contributed by atoms with Crippen molar-refractivity contribution in [3.05, 3.63) is 64.4 Å². The second-order valence-electron chi connectivity index (χ2n) is 4.44. The number of hydrogen-bond donors (Lipinski definition) is 1. The monoisotopic (exact) mass is 341 g/mol. The molecule has 102 valence electrons. The molecule has 2 aromatic carbocycles. The van der Waals surface area contributed by atoms with Gasteiger partial charge in [-0.05, 0) is 46.3 Å². The Bertz CT molecular complexity index is 871. The molecule has 0 amide bonds. The molecule has 0 aliphatic rings. The number of pyridine rings is 1. The molecule has 0 radical (unpaired) electrons. The number of para-hydroxylation sites is 1. The van der Waals surface area contributed by atoms with E-state index in [1.54, 1.807) is 18.2 Å². The summed E-state index contributed by atoms with van der Waals surface area (Å²) in [6.07, 6.45) is 0. The van der Waals surface area contributed by atoms with E-state index < -0.39 is 0 Å². The van der Waals surface area contributed by atoms with Crippen molar-refractivity contribution < 1.29 is 4.39 Å². The summed E-state index contributed by atoms with van der Waals surface area (Å²) in [6.45, 7) is 0. The minimum Gasteiger partial charge on any atom is -0.339 e. The van der Waals surface area contributed by atoms with Crippen LogP contribution < -0.4 is 5.32 Å². The fourth-order valence-electron chi connectivity index (χ4n) is 2.01. The van der Waals surface area contributed by atoms with Crippen molar-refractivity contribution in [2.45, 2.75) is 0 Å². The highest BCUT2D eigenvalue weighted by Gasteiger charge is 2.08. The number of rotatable bonds is 2. The highest BCUT2D eigenvalue weighted by Crippen LogP contribution is 2.25.